The molecule has 0 spiro atoms. The third kappa shape index (κ3) is 5.01. The zero-order valence-electron chi connectivity index (χ0n) is 19.4. The Balaban J connectivity index is 1.35. The fourth-order valence-corrected chi connectivity index (χ4v) is 4.13. The summed E-state index contributed by atoms with van der Waals surface area (Å²) in [7, 11) is 1.97. The van der Waals surface area contributed by atoms with Crippen LogP contribution in [0.1, 0.15) is 39.9 Å². The number of benzene rings is 2. The minimum atomic E-state index is -4.51. The van der Waals surface area contributed by atoms with Crippen molar-refractivity contribution in [3.05, 3.63) is 70.9 Å². The molecule has 2 N–H and O–H groups in total. The molecule has 35 heavy (non-hydrogen) atoms. The van der Waals surface area contributed by atoms with Gasteiger partial charge in [0.05, 0.1) is 12.2 Å². The van der Waals surface area contributed by atoms with Gasteiger partial charge in [0.1, 0.15) is 5.82 Å². The standard InChI is InChI=1S/C25H25F3N6O/c1-15-6-7-20(30-23(35)16-4-3-5-18(10-16)25(26,27)28)11-21(15)34-13-17-12-29-24(31-19-8-9-19)32-22(17)33(2)14-34/h3-7,10-12,19H,8-9,13-14H2,1-2H3,(H,30,35)(H,29,31,32). The lowest BCUT2D eigenvalue weighted by molar-refractivity contribution is -0.137. The van der Waals surface area contributed by atoms with Gasteiger partial charge in [-0.1, -0.05) is 12.1 Å². The van der Waals surface area contributed by atoms with Crippen molar-refractivity contribution in [3.63, 3.8) is 0 Å². The zero-order valence-corrected chi connectivity index (χ0v) is 19.4. The number of carbonyl (C=O) groups excluding carboxylic acids is 1. The van der Waals surface area contributed by atoms with Gasteiger partial charge < -0.3 is 20.4 Å². The van der Waals surface area contributed by atoms with E-state index in [9.17, 15) is 18.0 Å². The molecule has 0 bridgehead atoms. The first-order chi connectivity index (χ1) is 16.7. The van der Waals surface area contributed by atoms with Gasteiger partial charge in [-0.25, -0.2) is 4.98 Å². The van der Waals surface area contributed by atoms with Crippen molar-refractivity contribution in [2.45, 2.75) is 38.5 Å². The number of hydrogen-bond acceptors (Lipinski definition) is 6. The van der Waals surface area contributed by atoms with E-state index in [-0.39, 0.29) is 5.56 Å². The number of carbonyl (C=O) groups is 1. The van der Waals surface area contributed by atoms with Gasteiger partial charge in [0.2, 0.25) is 5.95 Å². The molecule has 1 aliphatic heterocycles. The Bertz CT molecular complexity index is 1270. The molecule has 5 rings (SSSR count). The fraction of sp³-hybridized carbons (Fsp3) is 0.320. The number of halogens is 3. The lowest BCUT2D eigenvalue weighted by Crippen LogP contribution is -2.41. The summed E-state index contributed by atoms with van der Waals surface area (Å²) in [6.07, 6.45) is -0.388. The van der Waals surface area contributed by atoms with Crippen LogP contribution in [0.15, 0.2) is 48.7 Å². The molecule has 0 radical (unpaired) electrons. The maximum absolute atomic E-state index is 13.0. The molecule has 1 saturated carbocycles. The van der Waals surface area contributed by atoms with E-state index in [2.05, 4.69) is 25.5 Å². The molecule has 7 nitrogen and oxygen atoms in total. The van der Waals surface area contributed by atoms with Crippen LogP contribution in [0.3, 0.4) is 0 Å². The van der Waals surface area contributed by atoms with Crippen LogP contribution in [0.4, 0.5) is 36.3 Å². The maximum Gasteiger partial charge on any atom is 0.416 e. The van der Waals surface area contributed by atoms with Crippen LogP contribution < -0.4 is 20.4 Å². The smallest absolute Gasteiger partial charge is 0.351 e. The largest absolute Gasteiger partial charge is 0.416 e. The minimum Gasteiger partial charge on any atom is -0.351 e. The number of rotatable bonds is 5. The summed E-state index contributed by atoms with van der Waals surface area (Å²) in [5.41, 5.74) is 2.49. The summed E-state index contributed by atoms with van der Waals surface area (Å²) in [4.78, 5) is 26.0. The highest BCUT2D eigenvalue weighted by Gasteiger charge is 2.31. The molecular formula is C25H25F3N6O. The van der Waals surface area contributed by atoms with E-state index < -0.39 is 17.6 Å². The predicted molar refractivity (Wildman–Crippen MR) is 129 cm³/mol. The van der Waals surface area contributed by atoms with Crippen molar-refractivity contribution < 1.29 is 18.0 Å². The molecule has 10 heteroatoms. The van der Waals surface area contributed by atoms with E-state index in [1.165, 1.54) is 12.1 Å². The summed E-state index contributed by atoms with van der Waals surface area (Å²) >= 11 is 0. The second-order valence-corrected chi connectivity index (χ2v) is 9.03. The Morgan fingerprint density at radius 2 is 1.94 bits per heavy atom. The molecule has 182 valence electrons. The molecule has 0 unspecified atom stereocenters. The Morgan fingerprint density at radius 3 is 2.69 bits per heavy atom. The van der Waals surface area contributed by atoms with Crippen molar-refractivity contribution in [3.8, 4) is 0 Å². The minimum absolute atomic E-state index is 0.0543. The average Bonchev–Trinajstić information content (AvgIpc) is 3.64. The maximum atomic E-state index is 13.0. The van der Waals surface area contributed by atoms with E-state index in [1.54, 1.807) is 6.07 Å². The summed E-state index contributed by atoms with van der Waals surface area (Å²) in [6.45, 7) is 3.15. The number of alkyl halides is 3. The van der Waals surface area contributed by atoms with Gasteiger partial charge in [-0.15, -0.1) is 0 Å². The molecule has 0 atom stereocenters. The van der Waals surface area contributed by atoms with Crippen LogP contribution in [0.5, 0.6) is 0 Å². The molecule has 1 fully saturated rings. The Kier molecular flexibility index (Phi) is 5.74. The van der Waals surface area contributed by atoms with Crippen molar-refractivity contribution in [1.29, 1.82) is 0 Å². The highest BCUT2D eigenvalue weighted by Crippen LogP contribution is 2.33. The third-order valence-electron chi connectivity index (χ3n) is 6.12. The first-order valence-corrected chi connectivity index (χ1v) is 11.4. The Labute approximate surface area is 201 Å². The van der Waals surface area contributed by atoms with Gasteiger partial charge in [0.25, 0.3) is 5.91 Å². The van der Waals surface area contributed by atoms with E-state index in [0.29, 0.717) is 30.9 Å². The summed E-state index contributed by atoms with van der Waals surface area (Å²) in [5.74, 6) is 0.921. The number of aryl methyl sites for hydroxylation is 1. The van der Waals surface area contributed by atoms with Gasteiger partial charge in [-0.2, -0.15) is 18.2 Å². The summed E-state index contributed by atoms with van der Waals surface area (Å²) < 4.78 is 39.1. The SMILES string of the molecule is Cc1ccc(NC(=O)c2cccc(C(F)(F)F)c2)cc1N1Cc2cnc(NC3CC3)nc2N(C)C1. The number of nitrogens with one attached hydrogen (secondary N) is 2. The highest BCUT2D eigenvalue weighted by molar-refractivity contribution is 6.04. The van der Waals surface area contributed by atoms with Crippen molar-refractivity contribution >= 4 is 29.0 Å². The number of aromatic nitrogens is 2. The number of hydrogen-bond donors (Lipinski definition) is 2. The fourth-order valence-electron chi connectivity index (χ4n) is 4.13. The van der Waals surface area contributed by atoms with Crippen LogP contribution in [-0.4, -0.2) is 35.6 Å². The molecule has 2 aliphatic rings. The molecule has 1 amide bonds. The molecule has 2 aromatic carbocycles. The quantitative estimate of drug-likeness (QED) is 0.531. The molecular weight excluding hydrogens is 457 g/mol. The molecule has 0 saturated heterocycles. The Morgan fingerprint density at radius 1 is 1.14 bits per heavy atom. The molecule has 3 aromatic rings. The first-order valence-electron chi connectivity index (χ1n) is 11.4. The number of fused-ring (bicyclic) bond motifs is 1. The summed E-state index contributed by atoms with van der Waals surface area (Å²) in [5, 5.41) is 6.05. The summed E-state index contributed by atoms with van der Waals surface area (Å²) in [6, 6.07) is 10.3. The van der Waals surface area contributed by atoms with Crippen LogP contribution >= 0.6 is 0 Å². The van der Waals surface area contributed by atoms with Gasteiger partial charge in [-0.05, 0) is 55.7 Å². The predicted octanol–water partition coefficient (Wildman–Crippen LogP) is 5.04. The van der Waals surface area contributed by atoms with Gasteiger partial charge in [0.15, 0.2) is 0 Å². The Hall–Kier alpha value is -3.82. The van der Waals surface area contributed by atoms with E-state index in [4.69, 9.17) is 0 Å². The van der Waals surface area contributed by atoms with Crippen LogP contribution in [0.25, 0.3) is 0 Å². The van der Waals surface area contributed by atoms with Crippen molar-refractivity contribution in [1.82, 2.24) is 9.97 Å². The lowest BCUT2D eigenvalue weighted by atomic mass is 10.1. The molecule has 1 aliphatic carbocycles. The third-order valence-corrected chi connectivity index (χ3v) is 6.12. The van der Waals surface area contributed by atoms with Crippen LogP contribution in [-0.2, 0) is 12.7 Å². The normalized spacial score (nSPS) is 15.6. The monoisotopic (exact) mass is 482 g/mol. The van der Waals surface area contributed by atoms with Crippen molar-refractivity contribution in [2.75, 3.05) is 34.1 Å². The van der Waals surface area contributed by atoms with E-state index in [1.807, 2.05) is 37.2 Å². The van der Waals surface area contributed by atoms with Gasteiger partial charge in [0, 0.05) is 48.3 Å². The topological polar surface area (TPSA) is 73.4 Å². The van der Waals surface area contributed by atoms with Crippen LogP contribution in [0, 0.1) is 6.92 Å². The van der Waals surface area contributed by atoms with Gasteiger partial charge in [-0.3, -0.25) is 4.79 Å². The zero-order chi connectivity index (χ0) is 24.7. The van der Waals surface area contributed by atoms with E-state index in [0.717, 1.165) is 47.6 Å². The number of anilines is 4. The van der Waals surface area contributed by atoms with E-state index >= 15 is 0 Å². The first kappa shape index (κ1) is 22.9. The molecule has 1 aromatic heterocycles. The van der Waals surface area contributed by atoms with Crippen LogP contribution in [0.2, 0.25) is 0 Å². The number of nitrogens with zero attached hydrogens (tertiary/aromatic N) is 4. The lowest BCUT2D eigenvalue weighted by Gasteiger charge is -2.37. The second kappa shape index (κ2) is 8.75. The molecule has 2 heterocycles. The average molecular weight is 483 g/mol. The highest BCUT2D eigenvalue weighted by atomic mass is 19.4. The number of amides is 1. The second-order valence-electron chi connectivity index (χ2n) is 9.03. The van der Waals surface area contributed by atoms with Gasteiger partial charge >= 0.3 is 6.18 Å². The van der Waals surface area contributed by atoms with Crippen molar-refractivity contribution in [2.24, 2.45) is 0 Å².